The maximum atomic E-state index is 11.9. The molecule has 6 nitrogen and oxygen atoms in total. The van der Waals surface area contributed by atoms with Crippen molar-refractivity contribution in [1.29, 1.82) is 5.26 Å². The van der Waals surface area contributed by atoms with Crippen molar-refractivity contribution in [3.8, 4) is 11.9 Å². The van der Waals surface area contributed by atoms with Crippen LogP contribution in [0.25, 0.3) is 0 Å². The summed E-state index contributed by atoms with van der Waals surface area (Å²) in [5.74, 6) is -0.257. The number of anilines is 1. The number of aromatic hydroxyl groups is 1. The third-order valence-electron chi connectivity index (χ3n) is 3.29. The van der Waals surface area contributed by atoms with Gasteiger partial charge in [-0.15, -0.1) is 0 Å². The first-order chi connectivity index (χ1) is 10.4. The number of pyridine rings is 1. The van der Waals surface area contributed by atoms with Crippen LogP contribution in [0.4, 0.5) is 11.4 Å². The fourth-order valence-electron chi connectivity index (χ4n) is 1.94. The van der Waals surface area contributed by atoms with E-state index in [4.69, 9.17) is 22.6 Å². The number of nitrogens with two attached hydrogens (primary N) is 1. The molecule has 1 aromatic heterocycles. The summed E-state index contributed by atoms with van der Waals surface area (Å²) in [5.41, 5.74) is 6.70. The minimum Gasteiger partial charge on any atom is -0.494 e. The highest BCUT2D eigenvalue weighted by atomic mass is 35.5. The van der Waals surface area contributed by atoms with Gasteiger partial charge in [0.2, 0.25) is 5.88 Å². The summed E-state index contributed by atoms with van der Waals surface area (Å²) in [5, 5.41) is 19.6. The zero-order valence-corrected chi connectivity index (χ0v) is 12.7. The van der Waals surface area contributed by atoms with Crippen LogP contribution in [0.3, 0.4) is 0 Å². The van der Waals surface area contributed by atoms with Crippen molar-refractivity contribution in [1.82, 2.24) is 4.57 Å². The first-order valence-corrected chi connectivity index (χ1v) is 6.66. The Balaban J connectivity index is 2.56. The molecule has 22 heavy (non-hydrogen) atoms. The van der Waals surface area contributed by atoms with Gasteiger partial charge >= 0.3 is 0 Å². The maximum absolute atomic E-state index is 11.9. The zero-order valence-electron chi connectivity index (χ0n) is 12.0. The van der Waals surface area contributed by atoms with E-state index in [0.717, 1.165) is 4.57 Å². The number of halogens is 1. The van der Waals surface area contributed by atoms with Gasteiger partial charge < -0.3 is 10.8 Å². The van der Waals surface area contributed by atoms with Gasteiger partial charge in [0.15, 0.2) is 0 Å². The normalized spacial score (nSPS) is 10.8. The van der Waals surface area contributed by atoms with Crippen LogP contribution in [-0.2, 0) is 7.05 Å². The van der Waals surface area contributed by atoms with E-state index in [1.165, 1.54) is 13.3 Å². The summed E-state index contributed by atoms with van der Waals surface area (Å²) in [6.07, 6.45) is 1.38. The molecule has 0 unspecified atom stereocenters. The minimum absolute atomic E-state index is 0.0302. The molecule has 0 saturated carbocycles. The molecule has 0 aliphatic carbocycles. The highest BCUT2D eigenvalue weighted by molar-refractivity contribution is 6.33. The Morgan fingerprint density at radius 3 is 2.77 bits per heavy atom. The number of hydrogen-bond donors (Lipinski definition) is 2. The second-order valence-corrected chi connectivity index (χ2v) is 5.08. The molecule has 0 fully saturated rings. The Kier molecular flexibility index (Phi) is 4.20. The zero-order chi connectivity index (χ0) is 16.4. The van der Waals surface area contributed by atoms with Crippen LogP contribution >= 0.6 is 11.6 Å². The lowest BCUT2D eigenvalue weighted by molar-refractivity contribution is 0.421. The monoisotopic (exact) mass is 316 g/mol. The quantitative estimate of drug-likeness (QED) is 0.655. The van der Waals surface area contributed by atoms with Gasteiger partial charge in [0.25, 0.3) is 5.56 Å². The van der Waals surface area contributed by atoms with E-state index in [0.29, 0.717) is 27.5 Å². The predicted octanol–water partition coefficient (Wildman–Crippen LogP) is 2.26. The summed E-state index contributed by atoms with van der Waals surface area (Å²) in [7, 11) is 1.38. The lowest BCUT2D eigenvalue weighted by atomic mass is 10.1. The van der Waals surface area contributed by atoms with Crippen LogP contribution in [0, 0.1) is 18.3 Å². The molecule has 7 heteroatoms. The molecule has 2 aromatic rings. The Labute approximate surface area is 131 Å². The molecule has 112 valence electrons. The summed E-state index contributed by atoms with van der Waals surface area (Å²) in [6, 6.07) is 6.70. The standard InChI is InChI=1S/C15H13ClN4O2/c1-8-10(6-17)14(21)20(2)15(22)11(8)7-19-9-3-4-12(16)13(18)5-9/h3-5,7,22H,18H2,1-2H3. The summed E-state index contributed by atoms with van der Waals surface area (Å²) < 4.78 is 1.00. The van der Waals surface area contributed by atoms with Gasteiger partial charge in [-0.05, 0) is 30.7 Å². The van der Waals surface area contributed by atoms with Gasteiger partial charge in [-0.3, -0.25) is 14.4 Å². The molecule has 0 radical (unpaired) electrons. The Morgan fingerprint density at radius 2 is 2.18 bits per heavy atom. The Hall–Kier alpha value is -2.78. The third kappa shape index (κ3) is 2.67. The van der Waals surface area contributed by atoms with Gasteiger partial charge in [0.1, 0.15) is 11.6 Å². The molecule has 0 bridgehead atoms. The summed E-state index contributed by atoms with van der Waals surface area (Å²) >= 11 is 5.84. The molecule has 0 aliphatic heterocycles. The SMILES string of the molecule is Cc1c(C=Nc2ccc(Cl)c(N)c2)c(O)n(C)c(=O)c1C#N. The molecule has 1 aromatic carbocycles. The number of nitrogen functional groups attached to an aromatic ring is 1. The van der Waals surface area contributed by atoms with Gasteiger partial charge in [0, 0.05) is 13.3 Å². The van der Waals surface area contributed by atoms with Gasteiger partial charge in [0.05, 0.1) is 22.0 Å². The second-order valence-electron chi connectivity index (χ2n) is 4.68. The molecule has 0 amide bonds. The topological polar surface area (TPSA) is 104 Å². The molecule has 3 N–H and O–H groups in total. The van der Waals surface area contributed by atoms with Crippen LogP contribution in [0.1, 0.15) is 16.7 Å². The van der Waals surface area contributed by atoms with Crippen LogP contribution < -0.4 is 11.3 Å². The van der Waals surface area contributed by atoms with E-state index in [2.05, 4.69) is 4.99 Å². The summed E-state index contributed by atoms with van der Waals surface area (Å²) in [4.78, 5) is 16.1. The molecule has 0 aliphatic rings. The Morgan fingerprint density at radius 1 is 1.50 bits per heavy atom. The minimum atomic E-state index is -0.551. The van der Waals surface area contributed by atoms with E-state index >= 15 is 0 Å². The lowest BCUT2D eigenvalue weighted by Crippen LogP contribution is -2.22. The van der Waals surface area contributed by atoms with Crippen molar-refractivity contribution >= 4 is 29.2 Å². The molecule has 0 atom stereocenters. The van der Waals surface area contributed by atoms with Crippen molar-refractivity contribution < 1.29 is 5.11 Å². The van der Waals surface area contributed by atoms with E-state index in [-0.39, 0.29) is 11.4 Å². The number of hydrogen-bond acceptors (Lipinski definition) is 5. The number of rotatable bonds is 2. The highest BCUT2D eigenvalue weighted by Gasteiger charge is 2.15. The van der Waals surface area contributed by atoms with Crippen LogP contribution in [0.5, 0.6) is 5.88 Å². The fraction of sp³-hybridized carbons (Fsp3) is 0.133. The molecule has 2 rings (SSSR count). The van der Waals surface area contributed by atoms with Gasteiger partial charge in [-0.1, -0.05) is 11.6 Å². The summed E-state index contributed by atoms with van der Waals surface area (Å²) in [6.45, 7) is 1.58. The first-order valence-electron chi connectivity index (χ1n) is 6.28. The fourth-order valence-corrected chi connectivity index (χ4v) is 2.06. The third-order valence-corrected chi connectivity index (χ3v) is 3.63. The van der Waals surface area contributed by atoms with Crippen molar-refractivity contribution in [2.24, 2.45) is 12.0 Å². The second kappa shape index (κ2) is 5.92. The predicted molar refractivity (Wildman–Crippen MR) is 85.9 cm³/mol. The van der Waals surface area contributed by atoms with Gasteiger partial charge in [-0.25, -0.2) is 0 Å². The van der Waals surface area contributed by atoms with Crippen molar-refractivity contribution in [3.05, 3.63) is 50.3 Å². The molecular formula is C15H13ClN4O2. The number of nitriles is 1. The number of aromatic nitrogens is 1. The van der Waals surface area contributed by atoms with Crippen LogP contribution in [0.2, 0.25) is 5.02 Å². The van der Waals surface area contributed by atoms with Crippen molar-refractivity contribution in [3.63, 3.8) is 0 Å². The number of aliphatic imine (C=N–C) groups is 1. The first kappa shape index (κ1) is 15.6. The molecule has 1 heterocycles. The van der Waals surface area contributed by atoms with E-state index in [1.807, 2.05) is 6.07 Å². The largest absolute Gasteiger partial charge is 0.494 e. The lowest BCUT2D eigenvalue weighted by Gasteiger charge is -2.09. The van der Waals surface area contributed by atoms with E-state index in [1.54, 1.807) is 25.1 Å². The number of benzene rings is 1. The van der Waals surface area contributed by atoms with Crippen molar-refractivity contribution in [2.75, 3.05) is 5.73 Å². The van der Waals surface area contributed by atoms with Crippen molar-refractivity contribution in [2.45, 2.75) is 6.92 Å². The molecular weight excluding hydrogens is 304 g/mol. The van der Waals surface area contributed by atoms with Crippen LogP contribution in [0.15, 0.2) is 28.0 Å². The average Bonchev–Trinajstić information content (AvgIpc) is 2.49. The van der Waals surface area contributed by atoms with Crippen LogP contribution in [-0.4, -0.2) is 15.9 Å². The molecule has 0 spiro atoms. The highest BCUT2D eigenvalue weighted by Crippen LogP contribution is 2.25. The van der Waals surface area contributed by atoms with Gasteiger partial charge in [-0.2, -0.15) is 5.26 Å². The van der Waals surface area contributed by atoms with E-state index in [9.17, 15) is 9.90 Å². The molecule has 0 saturated heterocycles. The number of nitrogens with zero attached hydrogens (tertiary/aromatic N) is 3. The maximum Gasteiger partial charge on any atom is 0.271 e. The smallest absolute Gasteiger partial charge is 0.271 e. The average molecular weight is 317 g/mol. The van der Waals surface area contributed by atoms with E-state index < -0.39 is 5.56 Å². The Bertz CT molecular complexity index is 879.